The minimum Gasteiger partial charge on any atom is -0.376 e. The average molecular weight is 236 g/mol. The fourth-order valence-corrected chi connectivity index (χ4v) is 2.23. The van der Waals surface area contributed by atoms with Crippen LogP contribution in [0.5, 0.6) is 0 Å². The van der Waals surface area contributed by atoms with Crippen LogP contribution in [0.3, 0.4) is 0 Å². The van der Waals surface area contributed by atoms with Gasteiger partial charge in [0.25, 0.3) is 0 Å². The number of hydrogen-bond acceptors (Lipinski definition) is 2. The molecular weight excluding hydrogens is 228 g/mol. The van der Waals surface area contributed by atoms with E-state index in [2.05, 4.69) is 4.79 Å². The maximum Gasteiger partial charge on any atom is 0.326 e. The summed E-state index contributed by atoms with van der Waals surface area (Å²) in [6.07, 6.45) is 0.136. The van der Waals surface area contributed by atoms with Crippen LogP contribution >= 0.6 is 0 Å². The van der Waals surface area contributed by atoms with Gasteiger partial charge in [0.05, 0.1) is 4.91 Å². The molecule has 0 aliphatic heterocycles. The van der Waals surface area contributed by atoms with Crippen LogP contribution in [0.4, 0.5) is 0 Å². The maximum atomic E-state index is 11.1. The quantitative estimate of drug-likeness (QED) is 0.432. The lowest BCUT2D eigenvalue weighted by molar-refractivity contribution is -0.0188. The van der Waals surface area contributed by atoms with Gasteiger partial charge in [0.2, 0.25) is 0 Å². The Morgan fingerprint density at radius 1 is 1.38 bits per heavy atom. The summed E-state index contributed by atoms with van der Waals surface area (Å²) in [6, 6.07) is 6.64. The van der Waals surface area contributed by atoms with E-state index in [1.807, 2.05) is 0 Å². The first-order chi connectivity index (χ1) is 7.65. The molecule has 1 aromatic carbocycles. The molecule has 2 N–H and O–H groups in total. The van der Waals surface area contributed by atoms with Crippen molar-refractivity contribution in [1.29, 1.82) is 0 Å². The maximum absolute atomic E-state index is 11.1. The zero-order valence-electron chi connectivity index (χ0n) is 8.07. The highest BCUT2D eigenvalue weighted by molar-refractivity contribution is 7.89. The molecule has 0 spiro atoms. The normalized spacial score (nSPS) is 20.8. The highest BCUT2D eigenvalue weighted by atomic mass is 32.2. The summed E-state index contributed by atoms with van der Waals surface area (Å²) >= 11 is -2.19. The first kappa shape index (κ1) is 10.9. The van der Waals surface area contributed by atoms with Gasteiger partial charge in [-0.05, 0) is 5.56 Å². The summed E-state index contributed by atoms with van der Waals surface area (Å²) in [7, 11) is 0. The number of rotatable bonds is 1. The van der Waals surface area contributed by atoms with E-state index in [0.29, 0.717) is 11.1 Å². The van der Waals surface area contributed by atoms with E-state index in [1.165, 1.54) is 6.08 Å². The zero-order chi connectivity index (χ0) is 11.7. The van der Waals surface area contributed by atoms with Crippen molar-refractivity contribution in [3.05, 3.63) is 47.0 Å². The van der Waals surface area contributed by atoms with Crippen LogP contribution in [0.1, 0.15) is 17.2 Å². The smallest absolute Gasteiger partial charge is 0.326 e. The van der Waals surface area contributed by atoms with E-state index in [-0.39, 0.29) is 10.6 Å². The molecule has 1 aliphatic rings. The molecule has 0 radical (unpaired) electrons. The Morgan fingerprint density at radius 2 is 2.06 bits per heavy atom. The average Bonchev–Trinajstić information content (AvgIpc) is 2.29. The van der Waals surface area contributed by atoms with Crippen LogP contribution in [-0.2, 0) is 11.1 Å². The van der Waals surface area contributed by atoms with Gasteiger partial charge in [-0.1, -0.05) is 24.3 Å². The zero-order valence-corrected chi connectivity index (χ0v) is 8.89. The molecule has 0 aromatic heterocycles. The summed E-state index contributed by atoms with van der Waals surface area (Å²) in [4.78, 5) is 3.02. The number of aliphatic hydroxyl groups is 1. The van der Waals surface area contributed by atoms with E-state index in [0.717, 1.165) is 0 Å². The van der Waals surface area contributed by atoms with E-state index < -0.39 is 17.2 Å². The number of hydrogen-bond donors (Lipinski definition) is 2. The molecule has 0 bridgehead atoms. The van der Waals surface area contributed by atoms with Crippen LogP contribution in [0.2, 0.25) is 0 Å². The fourth-order valence-electron chi connectivity index (χ4n) is 1.64. The van der Waals surface area contributed by atoms with Crippen molar-refractivity contribution in [2.45, 2.75) is 6.10 Å². The molecular formula is C10H8N2O3S. The first-order valence-electron chi connectivity index (χ1n) is 4.47. The van der Waals surface area contributed by atoms with Crippen molar-refractivity contribution in [2.24, 2.45) is 0 Å². The monoisotopic (exact) mass is 236 g/mol. The van der Waals surface area contributed by atoms with Crippen molar-refractivity contribution in [3.8, 4) is 0 Å². The SMILES string of the molecule is [N-]=[N+]=C1C=C(S(=O)O)c2ccccc2C1O. The highest BCUT2D eigenvalue weighted by Crippen LogP contribution is 2.31. The molecule has 82 valence electrons. The van der Waals surface area contributed by atoms with Crippen LogP contribution in [0.15, 0.2) is 30.3 Å². The molecule has 0 saturated carbocycles. The Bertz CT molecular complexity index is 547. The topological polar surface area (TPSA) is 93.9 Å². The molecule has 2 unspecified atom stereocenters. The molecule has 0 saturated heterocycles. The van der Waals surface area contributed by atoms with E-state index in [1.54, 1.807) is 24.3 Å². The Kier molecular flexibility index (Phi) is 2.80. The lowest BCUT2D eigenvalue weighted by atomic mass is 9.93. The summed E-state index contributed by atoms with van der Waals surface area (Å²) in [6.45, 7) is 0. The third-order valence-corrected chi connectivity index (χ3v) is 3.10. The van der Waals surface area contributed by atoms with Gasteiger partial charge in [0.1, 0.15) is 0 Å². The minimum atomic E-state index is -2.19. The van der Waals surface area contributed by atoms with Crippen LogP contribution in [-0.4, -0.2) is 24.4 Å². The summed E-state index contributed by atoms with van der Waals surface area (Å²) < 4.78 is 20.2. The van der Waals surface area contributed by atoms with Gasteiger partial charge in [-0.2, -0.15) is 4.79 Å². The largest absolute Gasteiger partial charge is 0.376 e. The first-order valence-corrected chi connectivity index (χ1v) is 5.57. The summed E-state index contributed by atoms with van der Waals surface area (Å²) in [5.74, 6) is 0. The van der Waals surface area contributed by atoms with Crippen molar-refractivity contribution in [2.75, 3.05) is 0 Å². The molecule has 5 nitrogen and oxygen atoms in total. The van der Waals surface area contributed by atoms with Crippen molar-refractivity contribution < 1.29 is 18.7 Å². The molecule has 2 atom stereocenters. The van der Waals surface area contributed by atoms with Crippen molar-refractivity contribution >= 4 is 21.7 Å². The van der Waals surface area contributed by atoms with Crippen molar-refractivity contribution in [3.63, 3.8) is 0 Å². The molecule has 0 amide bonds. The third kappa shape index (κ3) is 1.64. The third-order valence-electron chi connectivity index (χ3n) is 2.38. The number of aliphatic hydroxyl groups excluding tert-OH is 1. The molecule has 16 heavy (non-hydrogen) atoms. The van der Waals surface area contributed by atoms with Gasteiger partial charge in [-0.15, -0.1) is 0 Å². The van der Waals surface area contributed by atoms with Crippen molar-refractivity contribution in [1.82, 2.24) is 0 Å². The second-order valence-electron chi connectivity index (χ2n) is 3.27. The molecule has 0 fully saturated rings. The number of fused-ring (bicyclic) bond motifs is 1. The second kappa shape index (κ2) is 4.11. The van der Waals surface area contributed by atoms with E-state index in [4.69, 9.17) is 10.1 Å². The molecule has 1 aromatic rings. The molecule has 2 rings (SSSR count). The van der Waals surface area contributed by atoms with Crippen LogP contribution in [0.25, 0.3) is 10.4 Å². The Labute approximate surface area is 93.9 Å². The Morgan fingerprint density at radius 3 is 2.69 bits per heavy atom. The van der Waals surface area contributed by atoms with Gasteiger partial charge in [0, 0.05) is 11.6 Å². The number of benzene rings is 1. The van der Waals surface area contributed by atoms with E-state index >= 15 is 0 Å². The predicted octanol–water partition coefficient (Wildman–Crippen LogP) is 0.967. The van der Waals surface area contributed by atoms with Crippen LogP contribution < -0.4 is 0 Å². The molecule has 0 heterocycles. The lowest BCUT2D eigenvalue weighted by Gasteiger charge is -2.16. The summed E-state index contributed by atoms with van der Waals surface area (Å²) in [5, 5.41) is 9.80. The highest BCUT2D eigenvalue weighted by Gasteiger charge is 2.31. The predicted molar refractivity (Wildman–Crippen MR) is 58.8 cm³/mol. The van der Waals surface area contributed by atoms with Gasteiger partial charge in [-0.3, -0.25) is 0 Å². The summed E-state index contributed by atoms with van der Waals surface area (Å²) in [5.41, 5.74) is 9.59. The second-order valence-corrected chi connectivity index (χ2v) is 4.21. The van der Waals surface area contributed by atoms with Gasteiger partial charge in [-0.25, -0.2) is 4.21 Å². The molecule has 1 aliphatic carbocycles. The minimum absolute atomic E-state index is 0.0453. The number of nitrogens with zero attached hydrogens (tertiary/aromatic N) is 2. The Balaban J connectivity index is 2.72. The van der Waals surface area contributed by atoms with Gasteiger partial charge in [0.15, 0.2) is 17.2 Å². The molecule has 6 heteroatoms. The van der Waals surface area contributed by atoms with Gasteiger partial charge >= 0.3 is 5.71 Å². The Hall–Kier alpha value is -1.59. The standard InChI is InChI=1S/C10H8N2O3S/c11-12-8-5-9(16(14)15)6-3-1-2-4-7(6)10(8)13/h1-5,10,13H,(H,14,15). The fraction of sp³-hybridized carbons (Fsp3) is 0.100. The van der Waals surface area contributed by atoms with E-state index in [9.17, 15) is 9.32 Å². The van der Waals surface area contributed by atoms with Crippen LogP contribution in [0, 0.1) is 0 Å². The van der Waals surface area contributed by atoms with Gasteiger partial charge < -0.3 is 15.2 Å². The lowest BCUT2D eigenvalue weighted by Crippen LogP contribution is -2.18.